The average molecular weight is 231 g/mol. The molecule has 0 atom stereocenters. The largest absolute Gasteiger partial charge is 0.371 e. The third kappa shape index (κ3) is 6.15. The molecule has 0 spiro atoms. The third-order valence-electron chi connectivity index (χ3n) is 2.97. The highest BCUT2D eigenvalue weighted by atomic mass is 15.1. The normalized spacial score (nSPS) is 10.9. The Labute approximate surface area is 106 Å². The number of para-hydroxylation sites is 1. The van der Waals surface area contributed by atoms with Gasteiger partial charge in [0.2, 0.25) is 0 Å². The van der Waals surface area contributed by atoms with Crippen LogP contribution in [0.5, 0.6) is 0 Å². The van der Waals surface area contributed by atoms with E-state index in [0.717, 1.165) is 6.54 Å². The second kappa shape index (κ2) is 8.86. The van der Waals surface area contributed by atoms with Crippen LogP contribution in [0.3, 0.4) is 0 Å². The van der Waals surface area contributed by atoms with Crippen LogP contribution in [0, 0.1) is 0 Å². The van der Waals surface area contributed by atoms with Crippen LogP contribution in [0.4, 0.5) is 5.69 Å². The van der Waals surface area contributed by atoms with Gasteiger partial charge in [-0.3, -0.25) is 0 Å². The molecule has 0 aromatic heterocycles. The fourth-order valence-corrected chi connectivity index (χ4v) is 1.83. The summed E-state index contributed by atoms with van der Waals surface area (Å²) in [5.74, 6) is 0. The van der Waals surface area contributed by atoms with Crippen LogP contribution in [0.15, 0.2) is 42.5 Å². The van der Waals surface area contributed by atoms with Gasteiger partial charge in [-0.25, -0.2) is 0 Å². The Balaban J connectivity index is 2.15. The number of anilines is 1. The summed E-state index contributed by atoms with van der Waals surface area (Å²) in [7, 11) is 2.14. The van der Waals surface area contributed by atoms with Crippen LogP contribution >= 0.6 is 0 Å². The Kier molecular flexibility index (Phi) is 7.20. The third-order valence-corrected chi connectivity index (χ3v) is 2.97. The molecule has 0 saturated carbocycles. The van der Waals surface area contributed by atoms with Gasteiger partial charge in [-0.15, -0.1) is 0 Å². The van der Waals surface area contributed by atoms with Crippen molar-refractivity contribution in [3.05, 3.63) is 42.5 Å². The van der Waals surface area contributed by atoms with Crippen LogP contribution in [0.1, 0.15) is 39.0 Å². The molecule has 0 amide bonds. The molecule has 0 radical (unpaired) electrons. The summed E-state index contributed by atoms with van der Waals surface area (Å²) in [6.07, 6.45) is 11.2. The van der Waals surface area contributed by atoms with Gasteiger partial charge in [0.05, 0.1) is 0 Å². The zero-order chi connectivity index (χ0) is 12.3. The van der Waals surface area contributed by atoms with Crippen LogP contribution in [0.2, 0.25) is 0 Å². The Morgan fingerprint density at radius 3 is 2.47 bits per heavy atom. The molecule has 0 fully saturated rings. The summed E-state index contributed by atoms with van der Waals surface area (Å²) >= 11 is 0. The number of benzene rings is 1. The van der Waals surface area contributed by atoms with E-state index >= 15 is 0 Å². The monoisotopic (exact) mass is 231 g/mol. The van der Waals surface area contributed by atoms with Crippen molar-refractivity contribution in [1.82, 2.24) is 0 Å². The Morgan fingerprint density at radius 2 is 1.76 bits per heavy atom. The molecule has 0 N–H and O–H groups in total. The lowest BCUT2D eigenvalue weighted by Gasteiger charge is -2.16. The molecule has 1 aromatic rings. The Morgan fingerprint density at radius 1 is 1.00 bits per heavy atom. The first-order valence-electron chi connectivity index (χ1n) is 6.75. The predicted molar refractivity (Wildman–Crippen MR) is 77.6 cm³/mol. The smallest absolute Gasteiger partial charge is 0.0366 e. The van der Waals surface area contributed by atoms with Crippen LogP contribution < -0.4 is 4.90 Å². The highest BCUT2D eigenvalue weighted by Crippen LogP contribution is 2.10. The van der Waals surface area contributed by atoms with Crippen molar-refractivity contribution < 1.29 is 0 Å². The van der Waals surface area contributed by atoms with E-state index in [1.807, 2.05) is 0 Å². The van der Waals surface area contributed by atoms with Gasteiger partial charge in [-0.1, -0.05) is 56.5 Å². The van der Waals surface area contributed by atoms with E-state index in [9.17, 15) is 0 Å². The number of likely N-dealkylation sites (N-methyl/N-ethyl adjacent to an activating group) is 1. The predicted octanol–water partition coefficient (Wildman–Crippen LogP) is 4.65. The molecule has 0 aliphatic rings. The maximum absolute atomic E-state index is 2.31. The van der Waals surface area contributed by atoms with Gasteiger partial charge in [-0.05, 0) is 25.0 Å². The van der Waals surface area contributed by atoms with Crippen molar-refractivity contribution in [3.8, 4) is 0 Å². The molecular formula is C16H25N. The van der Waals surface area contributed by atoms with Crippen molar-refractivity contribution in [2.75, 3.05) is 18.5 Å². The fourth-order valence-electron chi connectivity index (χ4n) is 1.83. The lowest BCUT2D eigenvalue weighted by Crippen LogP contribution is -2.16. The standard InChI is InChI=1S/C16H25N/c1-3-4-5-6-7-8-12-15-17(2)16-13-10-9-11-14-16/h8-14H,3-7,15H2,1-2H3/b12-8-. The molecule has 17 heavy (non-hydrogen) atoms. The van der Waals surface area contributed by atoms with Gasteiger partial charge in [-0.2, -0.15) is 0 Å². The number of allylic oxidation sites excluding steroid dienone is 1. The number of hydrogen-bond acceptors (Lipinski definition) is 1. The van der Waals surface area contributed by atoms with Gasteiger partial charge >= 0.3 is 0 Å². The van der Waals surface area contributed by atoms with E-state index in [4.69, 9.17) is 0 Å². The molecule has 0 saturated heterocycles. The maximum atomic E-state index is 2.31. The fraction of sp³-hybridized carbons (Fsp3) is 0.500. The first kappa shape index (κ1) is 13.8. The van der Waals surface area contributed by atoms with Crippen molar-refractivity contribution in [2.45, 2.75) is 39.0 Å². The molecule has 0 aliphatic heterocycles. The summed E-state index contributed by atoms with van der Waals surface area (Å²) in [5, 5.41) is 0. The van der Waals surface area contributed by atoms with Crippen LogP contribution in [-0.4, -0.2) is 13.6 Å². The van der Waals surface area contributed by atoms with E-state index in [0.29, 0.717) is 0 Å². The van der Waals surface area contributed by atoms with E-state index < -0.39 is 0 Å². The molecule has 0 aliphatic carbocycles. The zero-order valence-electron chi connectivity index (χ0n) is 11.2. The van der Waals surface area contributed by atoms with Crippen molar-refractivity contribution >= 4 is 5.69 Å². The molecular weight excluding hydrogens is 206 g/mol. The van der Waals surface area contributed by atoms with Crippen molar-refractivity contribution in [3.63, 3.8) is 0 Å². The zero-order valence-corrected chi connectivity index (χ0v) is 11.2. The highest BCUT2D eigenvalue weighted by molar-refractivity contribution is 5.45. The van der Waals surface area contributed by atoms with Crippen molar-refractivity contribution in [1.29, 1.82) is 0 Å². The first-order valence-corrected chi connectivity index (χ1v) is 6.75. The Bertz CT molecular complexity index is 303. The minimum atomic E-state index is 0.998. The summed E-state index contributed by atoms with van der Waals surface area (Å²) in [6.45, 7) is 3.25. The summed E-state index contributed by atoms with van der Waals surface area (Å²) in [6, 6.07) is 10.5. The molecule has 0 heterocycles. The lowest BCUT2D eigenvalue weighted by molar-refractivity contribution is 0.674. The second-order valence-electron chi connectivity index (χ2n) is 4.54. The van der Waals surface area contributed by atoms with E-state index in [-0.39, 0.29) is 0 Å². The number of rotatable bonds is 8. The van der Waals surface area contributed by atoms with Gasteiger partial charge < -0.3 is 4.90 Å². The minimum absolute atomic E-state index is 0.998. The van der Waals surface area contributed by atoms with Gasteiger partial charge in [0.1, 0.15) is 0 Å². The van der Waals surface area contributed by atoms with Gasteiger partial charge in [0, 0.05) is 19.3 Å². The van der Waals surface area contributed by atoms with E-state index in [1.165, 1.54) is 37.8 Å². The second-order valence-corrected chi connectivity index (χ2v) is 4.54. The average Bonchev–Trinajstić information content (AvgIpc) is 2.38. The quantitative estimate of drug-likeness (QED) is 0.465. The highest BCUT2D eigenvalue weighted by Gasteiger charge is 1.95. The van der Waals surface area contributed by atoms with Gasteiger partial charge in [0.25, 0.3) is 0 Å². The number of hydrogen-bond donors (Lipinski definition) is 0. The Hall–Kier alpha value is -1.24. The molecule has 1 rings (SSSR count). The van der Waals surface area contributed by atoms with E-state index in [1.54, 1.807) is 0 Å². The maximum Gasteiger partial charge on any atom is 0.0366 e. The summed E-state index contributed by atoms with van der Waals surface area (Å²) < 4.78 is 0. The van der Waals surface area contributed by atoms with Crippen LogP contribution in [-0.2, 0) is 0 Å². The molecule has 94 valence electrons. The van der Waals surface area contributed by atoms with Gasteiger partial charge in [0.15, 0.2) is 0 Å². The number of unbranched alkanes of at least 4 members (excludes halogenated alkanes) is 4. The molecule has 0 bridgehead atoms. The molecule has 1 nitrogen and oxygen atoms in total. The van der Waals surface area contributed by atoms with Crippen LogP contribution in [0.25, 0.3) is 0 Å². The minimum Gasteiger partial charge on any atom is -0.371 e. The number of nitrogens with zero attached hydrogens (tertiary/aromatic N) is 1. The van der Waals surface area contributed by atoms with E-state index in [2.05, 4.69) is 61.4 Å². The topological polar surface area (TPSA) is 3.24 Å². The van der Waals surface area contributed by atoms with Crippen molar-refractivity contribution in [2.24, 2.45) is 0 Å². The first-order chi connectivity index (χ1) is 8.34. The molecule has 0 unspecified atom stereocenters. The molecule has 1 aromatic carbocycles. The molecule has 1 heteroatoms. The summed E-state index contributed by atoms with van der Waals surface area (Å²) in [5.41, 5.74) is 1.28. The summed E-state index contributed by atoms with van der Waals surface area (Å²) in [4.78, 5) is 2.27. The SMILES string of the molecule is CCCCCC/C=C\CN(C)c1ccccc1. The lowest BCUT2D eigenvalue weighted by atomic mass is 10.1.